The number of rotatable bonds is 15. The van der Waals surface area contributed by atoms with Gasteiger partial charge in [0.05, 0.1) is 0 Å². The number of amides is 1. The lowest BCUT2D eigenvalue weighted by Crippen LogP contribution is -2.09. The Hall–Kier alpha value is -1.35. The van der Waals surface area contributed by atoms with E-state index < -0.39 is 0 Å². The summed E-state index contributed by atoms with van der Waals surface area (Å²) in [6.45, 7) is 30.7. The van der Waals surface area contributed by atoms with E-state index in [0.29, 0.717) is 13.0 Å². The van der Waals surface area contributed by atoms with E-state index >= 15 is 0 Å². The van der Waals surface area contributed by atoms with E-state index in [4.69, 9.17) is 4.74 Å². The topological polar surface area (TPSA) is 38.3 Å². The Balaban J connectivity index is -0.000000129. The minimum absolute atomic E-state index is 0.619. The molecule has 1 aromatic carbocycles. The van der Waals surface area contributed by atoms with Crippen LogP contribution in [0, 0.1) is 11.8 Å². The zero-order chi connectivity index (χ0) is 31.2. The normalized spacial score (nSPS) is 9.90. The van der Waals surface area contributed by atoms with Gasteiger partial charge in [0.1, 0.15) is 0 Å². The first-order valence-electron chi connectivity index (χ1n) is 16.6. The molecule has 3 nitrogen and oxygen atoms in total. The van der Waals surface area contributed by atoms with Crippen molar-refractivity contribution in [3.8, 4) is 0 Å². The second-order valence-electron chi connectivity index (χ2n) is 10.1. The number of unbranched alkanes of at least 4 members (excludes halogenated alkanes) is 4. The number of ether oxygens (including phenoxy) is 1. The SMILES string of the molecule is CC.CCC(C)C.CCCC.CCCCCC.CCCOCCC(C)CC.CCc1ccc(CNC=O)cc1. The summed E-state index contributed by atoms with van der Waals surface area (Å²) in [5.74, 6) is 1.71. The molecule has 0 saturated heterocycles. The van der Waals surface area contributed by atoms with Crippen LogP contribution in [0.1, 0.15) is 165 Å². The molecule has 0 spiro atoms. The molecule has 0 aromatic heterocycles. The molecule has 1 aromatic rings. The number of carbonyl (C=O) groups is 1. The third kappa shape index (κ3) is 53.6. The maximum atomic E-state index is 9.99. The van der Waals surface area contributed by atoms with Crippen molar-refractivity contribution in [2.24, 2.45) is 11.8 Å². The van der Waals surface area contributed by atoms with Gasteiger partial charge in [0.15, 0.2) is 0 Å². The predicted octanol–water partition coefficient (Wildman–Crippen LogP) is 11.8. The van der Waals surface area contributed by atoms with Crippen molar-refractivity contribution in [3.63, 3.8) is 0 Å². The lowest BCUT2D eigenvalue weighted by Gasteiger charge is -2.07. The highest BCUT2D eigenvalue weighted by atomic mass is 16.5. The second kappa shape index (κ2) is 46.5. The summed E-state index contributed by atoms with van der Waals surface area (Å²) in [7, 11) is 0. The Kier molecular flexibility index (Phi) is 56.6. The lowest BCUT2D eigenvalue weighted by molar-refractivity contribution is -0.109. The molecule has 0 fully saturated rings. The van der Waals surface area contributed by atoms with Crippen LogP contribution >= 0.6 is 0 Å². The van der Waals surface area contributed by atoms with Gasteiger partial charge in [-0.05, 0) is 42.2 Å². The fourth-order valence-corrected chi connectivity index (χ4v) is 2.29. The summed E-state index contributed by atoms with van der Waals surface area (Å²) in [4.78, 5) is 9.99. The van der Waals surface area contributed by atoms with Crippen molar-refractivity contribution in [2.45, 2.75) is 167 Å². The minimum Gasteiger partial charge on any atom is -0.381 e. The zero-order valence-corrected chi connectivity index (χ0v) is 29.3. The van der Waals surface area contributed by atoms with Gasteiger partial charge in [-0.15, -0.1) is 0 Å². The third-order valence-corrected chi connectivity index (χ3v) is 5.89. The molecule has 0 saturated carbocycles. The summed E-state index contributed by atoms with van der Waals surface area (Å²) in [5.41, 5.74) is 2.46. The molecule has 0 heterocycles. The van der Waals surface area contributed by atoms with Crippen LogP contribution in [0.4, 0.5) is 0 Å². The van der Waals surface area contributed by atoms with E-state index in [9.17, 15) is 4.79 Å². The van der Waals surface area contributed by atoms with E-state index in [1.807, 2.05) is 26.0 Å². The van der Waals surface area contributed by atoms with Gasteiger partial charge < -0.3 is 10.1 Å². The van der Waals surface area contributed by atoms with Crippen LogP contribution in [-0.4, -0.2) is 19.6 Å². The molecular formula is C36H75NO2. The fourth-order valence-electron chi connectivity index (χ4n) is 2.29. The highest BCUT2D eigenvalue weighted by molar-refractivity contribution is 5.46. The molecule has 1 N–H and O–H groups in total. The Morgan fingerprint density at radius 1 is 0.692 bits per heavy atom. The smallest absolute Gasteiger partial charge is 0.207 e. The lowest BCUT2D eigenvalue weighted by atomic mass is 10.1. The maximum absolute atomic E-state index is 9.99. The van der Waals surface area contributed by atoms with Gasteiger partial charge in [0, 0.05) is 19.8 Å². The summed E-state index contributed by atoms with van der Waals surface area (Å²) in [6, 6.07) is 8.24. The fraction of sp³-hybridized carbons (Fsp3) is 0.806. The van der Waals surface area contributed by atoms with Gasteiger partial charge in [0.25, 0.3) is 0 Å². The van der Waals surface area contributed by atoms with Crippen LogP contribution in [0.5, 0.6) is 0 Å². The highest BCUT2D eigenvalue weighted by Gasteiger charge is 1.96. The van der Waals surface area contributed by atoms with Gasteiger partial charge in [-0.3, -0.25) is 4.79 Å². The van der Waals surface area contributed by atoms with E-state index in [2.05, 4.69) is 93.6 Å². The standard InChI is InChI=1S/C10H13NO.C9H20O.C6H14.C5H12.C4H10.C2H6/c1-2-9-3-5-10(6-4-9)7-11-8-12;1-4-7-10-8-6-9(3)5-2;1-3-5-6-4-2;1-4-5(2)3;1-3-4-2;1-2/h3-6,8H,2,7H2,1H3,(H,11,12);9H,4-8H2,1-3H3;3-6H2,1-2H3;5H,4H2,1-3H3;3-4H2,1-2H3;1-2H3. The molecule has 236 valence electrons. The molecule has 1 atom stereocenters. The van der Waals surface area contributed by atoms with Crippen LogP contribution in [-0.2, 0) is 22.5 Å². The molecular weight excluding hydrogens is 478 g/mol. The number of carbonyl (C=O) groups excluding carboxylic acids is 1. The number of hydrogen-bond donors (Lipinski definition) is 1. The number of hydrogen-bond acceptors (Lipinski definition) is 2. The first-order chi connectivity index (χ1) is 18.8. The van der Waals surface area contributed by atoms with Crippen LogP contribution < -0.4 is 5.32 Å². The monoisotopic (exact) mass is 554 g/mol. The van der Waals surface area contributed by atoms with E-state index in [1.54, 1.807) is 0 Å². The summed E-state index contributed by atoms with van der Waals surface area (Å²) >= 11 is 0. The third-order valence-electron chi connectivity index (χ3n) is 5.89. The van der Waals surface area contributed by atoms with E-state index in [1.165, 1.54) is 63.4 Å². The molecule has 1 unspecified atom stereocenters. The van der Waals surface area contributed by atoms with Crippen LogP contribution in [0.3, 0.4) is 0 Å². The van der Waals surface area contributed by atoms with E-state index in [-0.39, 0.29) is 0 Å². The summed E-state index contributed by atoms with van der Waals surface area (Å²) in [6.07, 6.45) is 14.9. The Bertz CT molecular complexity index is 493. The zero-order valence-electron chi connectivity index (χ0n) is 29.3. The molecule has 0 aliphatic rings. The summed E-state index contributed by atoms with van der Waals surface area (Å²) in [5, 5.41) is 2.62. The van der Waals surface area contributed by atoms with Gasteiger partial charge in [-0.2, -0.15) is 0 Å². The van der Waals surface area contributed by atoms with Crippen molar-refractivity contribution < 1.29 is 9.53 Å². The molecule has 0 aliphatic carbocycles. The number of aryl methyl sites for hydroxylation is 1. The average Bonchev–Trinajstić information content (AvgIpc) is 2.99. The maximum Gasteiger partial charge on any atom is 0.207 e. The molecule has 39 heavy (non-hydrogen) atoms. The first kappa shape index (κ1) is 47.4. The molecule has 0 aliphatic heterocycles. The van der Waals surface area contributed by atoms with Gasteiger partial charge >= 0.3 is 0 Å². The van der Waals surface area contributed by atoms with Crippen molar-refractivity contribution in [2.75, 3.05) is 13.2 Å². The van der Waals surface area contributed by atoms with Crippen LogP contribution in [0.15, 0.2) is 24.3 Å². The number of benzene rings is 1. The molecule has 0 radical (unpaired) electrons. The minimum atomic E-state index is 0.619. The van der Waals surface area contributed by atoms with E-state index in [0.717, 1.165) is 43.5 Å². The Morgan fingerprint density at radius 2 is 1.15 bits per heavy atom. The molecule has 0 bridgehead atoms. The van der Waals surface area contributed by atoms with Crippen molar-refractivity contribution in [3.05, 3.63) is 35.4 Å². The quantitative estimate of drug-likeness (QED) is 0.173. The van der Waals surface area contributed by atoms with Crippen LogP contribution in [0.2, 0.25) is 0 Å². The van der Waals surface area contributed by atoms with Gasteiger partial charge in [0.2, 0.25) is 6.41 Å². The van der Waals surface area contributed by atoms with Gasteiger partial charge in [-0.25, -0.2) is 0 Å². The molecule has 1 rings (SSSR count). The summed E-state index contributed by atoms with van der Waals surface area (Å²) < 4.78 is 5.36. The van der Waals surface area contributed by atoms with Crippen molar-refractivity contribution in [1.29, 1.82) is 0 Å². The van der Waals surface area contributed by atoms with Crippen molar-refractivity contribution in [1.82, 2.24) is 5.32 Å². The second-order valence-corrected chi connectivity index (χ2v) is 10.1. The highest BCUT2D eigenvalue weighted by Crippen LogP contribution is 2.06. The average molecular weight is 554 g/mol. The van der Waals surface area contributed by atoms with Gasteiger partial charge in [-0.1, -0.05) is 166 Å². The molecule has 3 heteroatoms. The Morgan fingerprint density at radius 3 is 1.46 bits per heavy atom. The number of nitrogens with one attached hydrogen (secondary N) is 1. The predicted molar refractivity (Wildman–Crippen MR) is 181 cm³/mol. The first-order valence-corrected chi connectivity index (χ1v) is 16.6. The van der Waals surface area contributed by atoms with Crippen molar-refractivity contribution >= 4 is 6.41 Å². The van der Waals surface area contributed by atoms with Crippen LogP contribution in [0.25, 0.3) is 0 Å². The largest absolute Gasteiger partial charge is 0.381 e. The molecule has 1 amide bonds. The Labute approximate surface area is 248 Å².